The number of carbonyl (C=O) groups is 1. The topological polar surface area (TPSA) is 17.1 Å². The Balaban J connectivity index is 2.42. The van der Waals surface area contributed by atoms with Crippen LogP contribution in [0, 0.1) is 0 Å². The molecule has 3 rings (SSSR count). The zero-order chi connectivity index (χ0) is 25.1. The molecular weight excluding hydrogens is 531 g/mol. The Morgan fingerprint density at radius 3 is 1.80 bits per heavy atom. The van der Waals surface area contributed by atoms with Crippen molar-refractivity contribution in [2.45, 2.75) is 98.8 Å². The molecular formula is C33H46OSn. The van der Waals surface area contributed by atoms with Gasteiger partial charge in [-0.05, 0) is 0 Å². The summed E-state index contributed by atoms with van der Waals surface area (Å²) in [5.74, 6) is 0.338. The maximum absolute atomic E-state index is 14.0. The fraction of sp³-hybridized carbons (Fsp3) is 0.485. The van der Waals surface area contributed by atoms with E-state index in [0.29, 0.717) is 12.2 Å². The normalized spacial score (nSPS) is 11.8. The molecule has 1 nitrogen and oxygen atoms in total. The van der Waals surface area contributed by atoms with Gasteiger partial charge in [-0.15, -0.1) is 0 Å². The second-order valence-electron chi connectivity index (χ2n) is 10.4. The quantitative estimate of drug-likeness (QED) is 0.130. The number of rotatable bonds is 15. The molecule has 0 N–H and O–H groups in total. The third-order valence-electron chi connectivity index (χ3n) is 7.75. The molecule has 0 radical (unpaired) electrons. The third kappa shape index (κ3) is 6.79. The van der Waals surface area contributed by atoms with E-state index in [1.807, 2.05) is 0 Å². The zero-order valence-corrected chi connectivity index (χ0v) is 25.5. The molecule has 188 valence electrons. The molecule has 35 heavy (non-hydrogen) atoms. The maximum atomic E-state index is 14.0. The molecule has 3 aromatic carbocycles. The molecule has 0 spiro atoms. The van der Waals surface area contributed by atoms with Crippen molar-refractivity contribution in [3.05, 3.63) is 66.2 Å². The second-order valence-corrected chi connectivity index (χ2v) is 23.5. The van der Waals surface area contributed by atoms with Crippen LogP contribution >= 0.6 is 0 Å². The van der Waals surface area contributed by atoms with Crippen molar-refractivity contribution in [2.24, 2.45) is 0 Å². The van der Waals surface area contributed by atoms with Crippen LogP contribution in [0.2, 0.25) is 13.3 Å². The Morgan fingerprint density at radius 2 is 1.23 bits per heavy atom. The standard InChI is InChI=1S/C21H19O.3C4H9.Sn/c1-2-3-13-20(22)21-18-12-8-7-11-17(18)14-15-19(21)16-9-5-4-6-10-16;3*1-3-4-2;/h4-12,14H,2-3,13H2,1H3;3*1,3-4H2,2H3;. The van der Waals surface area contributed by atoms with E-state index < -0.39 is 18.4 Å². The average molecular weight is 577 g/mol. The minimum absolute atomic E-state index is 0.338. The van der Waals surface area contributed by atoms with Crippen LogP contribution in [0.15, 0.2) is 60.7 Å². The van der Waals surface area contributed by atoms with Crippen molar-refractivity contribution in [2.75, 3.05) is 0 Å². The van der Waals surface area contributed by atoms with Crippen LogP contribution in [0.5, 0.6) is 0 Å². The van der Waals surface area contributed by atoms with Gasteiger partial charge in [0.25, 0.3) is 0 Å². The monoisotopic (exact) mass is 578 g/mol. The van der Waals surface area contributed by atoms with Crippen LogP contribution in [-0.2, 0) is 0 Å². The van der Waals surface area contributed by atoms with Crippen LogP contribution in [0.1, 0.15) is 95.8 Å². The summed E-state index contributed by atoms with van der Waals surface area (Å²) in [5.41, 5.74) is 3.58. The van der Waals surface area contributed by atoms with Crippen LogP contribution in [0.4, 0.5) is 0 Å². The van der Waals surface area contributed by atoms with Crippen LogP contribution in [0.3, 0.4) is 0 Å². The van der Waals surface area contributed by atoms with E-state index in [9.17, 15) is 4.79 Å². The van der Waals surface area contributed by atoms with Crippen LogP contribution in [-0.4, -0.2) is 24.2 Å². The Hall–Kier alpha value is -1.61. The molecule has 0 unspecified atom stereocenters. The molecule has 0 aliphatic carbocycles. The first-order chi connectivity index (χ1) is 17.1. The number of ketones is 1. The van der Waals surface area contributed by atoms with Crippen LogP contribution < -0.4 is 3.58 Å². The van der Waals surface area contributed by atoms with Gasteiger partial charge in [0, 0.05) is 0 Å². The van der Waals surface area contributed by atoms with Gasteiger partial charge in [0.1, 0.15) is 0 Å². The van der Waals surface area contributed by atoms with E-state index in [1.165, 1.54) is 68.3 Å². The van der Waals surface area contributed by atoms with E-state index in [-0.39, 0.29) is 0 Å². The first-order valence-corrected chi connectivity index (χ1v) is 21.7. The Labute approximate surface area is 218 Å². The van der Waals surface area contributed by atoms with Crippen molar-refractivity contribution in [1.82, 2.24) is 0 Å². The van der Waals surface area contributed by atoms with Gasteiger partial charge in [-0.2, -0.15) is 0 Å². The Bertz CT molecular complexity index is 1050. The molecule has 0 amide bonds. The van der Waals surface area contributed by atoms with Gasteiger partial charge >= 0.3 is 219 Å². The van der Waals surface area contributed by atoms with Gasteiger partial charge < -0.3 is 0 Å². The van der Waals surface area contributed by atoms with E-state index >= 15 is 0 Å². The van der Waals surface area contributed by atoms with Gasteiger partial charge in [-0.3, -0.25) is 0 Å². The molecule has 0 heterocycles. The molecule has 3 aromatic rings. The number of carbonyl (C=O) groups excluding carboxylic acids is 1. The number of unbranched alkanes of at least 4 members (excludes halogenated alkanes) is 4. The molecule has 0 saturated heterocycles. The predicted octanol–water partition coefficient (Wildman–Crippen LogP) is 9.94. The second kappa shape index (κ2) is 14.2. The third-order valence-corrected chi connectivity index (χ3v) is 23.4. The molecule has 0 aliphatic rings. The number of Topliss-reactive ketones (excluding diaryl/α,β-unsaturated/α-hetero) is 1. The molecule has 0 bridgehead atoms. The summed E-state index contributed by atoms with van der Waals surface area (Å²) in [5, 5.41) is 2.42. The number of benzene rings is 3. The van der Waals surface area contributed by atoms with Gasteiger partial charge in [-0.25, -0.2) is 0 Å². The summed E-state index contributed by atoms with van der Waals surface area (Å²) in [6, 6.07) is 22.2. The summed E-state index contributed by atoms with van der Waals surface area (Å²) < 4.78 is 5.86. The number of hydrogen-bond donors (Lipinski definition) is 0. The molecule has 0 aliphatic heterocycles. The molecule has 2 heteroatoms. The van der Waals surface area contributed by atoms with Crippen LogP contribution in [0.25, 0.3) is 21.9 Å². The number of fused-ring (bicyclic) bond motifs is 1. The number of hydrogen-bond acceptors (Lipinski definition) is 1. The fourth-order valence-corrected chi connectivity index (χ4v) is 22.6. The van der Waals surface area contributed by atoms with Crippen molar-refractivity contribution < 1.29 is 4.79 Å². The van der Waals surface area contributed by atoms with Crippen molar-refractivity contribution in [3.63, 3.8) is 0 Å². The summed E-state index contributed by atoms with van der Waals surface area (Å²) in [7, 11) is 0. The van der Waals surface area contributed by atoms with E-state index in [2.05, 4.69) is 88.4 Å². The predicted molar refractivity (Wildman–Crippen MR) is 158 cm³/mol. The Morgan fingerprint density at radius 1 is 0.686 bits per heavy atom. The summed E-state index contributed by atoms with van der Waals surface area (Å²) in [6.07, 6.45) is 10.4. The zero-order valence-electron chi connectivity index (χ0n) is 22.7. The van der Waals surface area contributed by atoms with Gasteiger partial charge in [0.2, 0.25) is 0 Å². The average Bonchev–Trinajstić information content (AvgIpc) is 2.91. The summed E-state index contributed by atoms with van der Waals surface area (Å²) in [6.45, 7) is 9.21. The van der Waals surface area contributed by atoms with Crippen molar-refractivity contribution in [1.29, 1.82) is 0 Å². The summed E-state index contributed by atoms with van der Waals surface area (Å²) in [4.78, 5) is 14.0. The van der Waals surface area contributed by atoms with Crippen molar-refractivity contribution >= 4 is 38.5 Å². The fourth-order valence-electron chi connectivity index (χ4n) is 5.75. The Kier molecular flexibility index (Phi) is 11.4. The van der Waals surface area contributed by atoms with E-state index in [4.69, 9.17) is 0 Å². The summed E-state index contributed by atoms with van der Waals surface area (Å²) >= 11 is -2.84. The minimum atomic E-state index is -2.84. The first kappa shape index (κ1) is 28.0. The van der Waals surface area contributed by atoms with Gasteiger partial charge in [0.15, 0.2) is 0 Å². The molecule has 0 aromatic heterocycles. The van der Waals surface area contributed by atoms with Gasteiger partial charge in [0.05, 0.1) is 0 Å². The SMILES string of the molecule is CCCCC(=O)c1c(-c2ccccc2)[c]([Sn]([CH2]CCC)([CH2]CCC)[CH2]CCC)cc2ccccc12. The molecule has 0 fully saturated rings. The molecule has 0 saturated carbocycles. The van der Waals surface area contributed by atoms with Gasteiger partial charge in [-0.1, -0.05) is 0 Å². The van der Waals surface area contributed by atoms with E-state index in [0.717, 1.165) is 23.8 Å². The first-order valence-electron chi connectivity index (χ1n) is 14.3. The molecule has 0 atom stereocenters. The van der Waals surface area contributed by atoms with Crippen molar-refractivity contribution in [3.8, 4) is 11.1 Å². The van der Waals surface area contributed by atoms with E-state index in [1.54, 1.807) is 3.58 Å².